The average Bonchev–Trinajstić information content (AvgIpc) is 3.82. The number of aromatic amines is 2. The lowest BCUT2D eigenvalue weighted by Crippen LogP contribution is -2.34. The highest BCUT2D eigenvalue weighted by molar-refractivity contribution is 5.96. The number of hydrogen-bond acceptors (Lipinski definition) is 10. The molecule has 0 radical (unpaired) electrons. The lowest BCUT2D eigenvalue weighted by Gasteiger charge is -2.36. The third-order valence-corrected chi connectivity index (χ3v) is 11.0. The van der Waals surface area contributed by atoms with Crippen molar-refractivity contribution in [2.75, 3.05) is 33.5 Å². The van der Waals surface area contributed by atoms with E-state index >= 15 is 0 Å². The maximum atomic E-state index is 13.0. The first-order chi connectivity index (χ1) is 26.4. The standard InChI is InChI=1S/C43H48N4O8/c1-9-28-24(3)33-19-34-26(5)31(18-23(2)55-54-17-15-49)37(45-34)21-36-29(11-13-41(50)53-16-14-48)25(4)35(44-36)20-39-32-12-10-30(42(51)52-8)27(6)43(32,7)40(47-39)22-38(28)46-33/h9-10,12,19-22,27,44,46,48-49H,1-2,11,13-18H2,3-8H3. The third-order valence-electron chi connectivity index (χ3n) is 11.0. The van der Waals surface area contributed by atoms with Gasteiger partial charge < -0.3 is 34.5 Å². The number of aliphatic hydroxyl groups excluding tert-OH is 2. The minimum atomic E-state index is -0.688. The summed E-state index contributed by atoms with van der Waals surface area (Å²) in [5, 5.41) is 18.4. The van der Waals surface area contributed by atoms with Crippen LogP contribution in [0.15, 0.2) is 60.9 Å². The molecule has 4 N–H and O–H groups in total. The van der Waals surface area contributed by atoms with Crippen LogP contribution in [0.4, 0.5) is 0 Å². The maximum Gasteiger partial charge on any atom is 0.334 e. The average molecular weight is 749 g/mol. The van der Waals surface area contributed by atoms with Crippen LogP contribution in [0.5, 0.6) is 0 Å². The van der Waals surface area contributed by atoms with Gasteiger partial charge in [-0.15, -0.1) is 0 Å². The Morgan fingerprint density at radius 1 is 0.927 bits per heavy atom. The first-order valence-corrected chi connectivity index (χ1v) is 18.3. The van der Waals surface area contributed by atoms with Gasteiger partial charge in [0.1, 0.15) is 19.0 Å². The van der Waals surface area contributed by atoms with Gasteiger partial charge in [-0.05, 0) is 91.8 Å². The zero-order valence-corrected chi connectivity index (χ0v) is 32.2. The molecule has 0 saturated heterocycles. The van der Waals surface area contributed by atoms with Gasteiger partial charge in [0.2, 0.25) is 0 Å². The summed E-state index contributed by atoms with van der Waals surface area (Å²) in [4.78, 5) is 53.7. The number of allylic oxidation sites excluding steroid dienone is 5. The Hall–Kier alpha value is -5.56. The zero-order valence-electron chi connectivity index (χ0n) is 32.2. The first kappa shape index (κ1) is 39.1. The number of ether oxygens (including phenoxy) is 2. The molecule has 0 spiro atoms. The number of carbonyl (C=O) groups excluding carboxylic acids is 2. The molecule has 5 heterocycles. The number of nitrogens with zero attached hydrogens (tertiary/aromatic N) is 2. The molecule has 12 heteroatoms. The molecule has 1 aliphatic carbocycles. The second-order valence-electron chi connectivity index (χ2n) is 14.1. The van der Waals surface area contributed by atoms with Gasteiger partial charge in [-0.1, -0.05) is 38.3 Å². The lowest BCUT2D eigenvalue weighted by molar-refractivity contribution is -0.266. The Morgan fingerprint density at radius 2 is 1.62 bits per heavy atom. The van der Waals surface area contributed by atoms with E-state index in [9.17, 15) is 19.8 Å². The van der Waals surface area contributed by atoms with E-state index in [2.05, 4.69) is 30.0 Å². The molecule has 0 fully saturated rings. The van der Waals surface area contributed by atoms with Crippen molar-refractivity contribution < 1.29 is 39.1 Å². The van der Waals surface area contributed by atoms with Crippen LogP contribution in [0.3, 0.4) is 0 Å². The van der Waals surface area contributed by atoms with Gasteiger partial charge in [-0.3, -0.25) is 9.78 Å². The molecule has 3 aromatic rings. The quantitative estimate of drug-likeness (QED) is 0.0474. The van der Waals surface area contributed by atoms with Crippen molar-refractivity contribution in [3.63, 3.8) is 0 Å². The van der Waals surface area contributed by atoms with Gasteiger partial charge in [0.05, 0.1) is 43.1 Å². The molecular weight excluding hydrogens is 700 g/mol. The van der Waals surface area contributed by atoms with Crippen molar-refractivity contribution in [3.05, 3.63) is 106 Å². The Balaban J connectivity index is 1.67. The fraction of sp³-hybridized carbons (Fsp3) is 0.349. The van der Waals surface area contributed by atoms with E-state index in [0.717, 1.165) is 78.1 Å². The minimum absolute atomic E-state index is 0.000376. The van der Waals surface area contributed by atoms with Gasteiger partial charge in [-0.2, -0.15) is 4.89 Å². The second-order valence-corrected chi connectivity index (χ2v) is 14.1. The van der Waals surface area contributed by atoms with Crippen molar-refractivity contribution in [1.29, 1.82) is 0 Å². The van der Waals surface area contributed by atoms with Crippen molar-refractivity contribution in [1.82, 2.24) is 19.9 Å². The number of hydrogen-bond donors (Lipinski definition) is 4. The zero-order chi connectivity index (χ0) is 39.6. The molecule has 288 valence electrons. The number of aryl methyl sites for hydroxylation is 3. The molecule has 8 bridgehead atoms. The smallest absolute Gasteiger partial charge is 0.334 e. The number of nitrogens with one attached hydrogen (secondary N) is 2. The maximum absolute atomic E-state index is 13.0. The van der Waals surface area contributed by atoms with Crippen molar-refractivity contribution in [3.8, 4) is 0 Å². The highest BCUT2D eigenvalue weighted by atomic mass is 17.2. The summed E-state index contributed by atoms with van der Waals surface area (Å²) in [5.41, 5.74) is 12.4. The Bertz CT molecular complexity index is 2340. The molecule has 55 heavy (non-hydrogen) atoms. The van der Waals surface area contributed by atoms with Gasteiger partial charge >= 0.3 is 11.9 Å². The van der Waals surface area contributed by atoms with Crippen molar-refractivity contribution in [2.45, 2.75) is 59.3 Å². The monoisotopic (exact) mass is 748 g/mol. The van der Waals surface area contributed by atoms with Crippen molar-refractivity contribution >= 4 is 56.8 Å². The molecule has 2 unspecified atom stereocenters. The summed E-state index contributed by atoms with van der Waals surface area (Å²) in [6.07, 6.45) is 6.35. The largest absolute Gasteiger partial charge is 0.466 e. The normalized spacial score (nSPS) is 17.6. The summed E-state index contributed by atoms with van der Waals surface area (Å²) in [7, 11) is 1.39. The minimum Gasteiger partial charge on any atom is -0.466 e. The molecule has 2 aliphatic heterocycles. The van der Waals surface area contributed by atoms with Crippen LogP contribution >= 0.6 is 0 Å². The molecule has 2 atom stereocenters. The summed E-state index contributed by atoms with van der Waals surface area (Å²) in [6, 6.07) is 8.03. The lowest BCUT2D eigenvalue weighted by atomic mass is 9.65. The van der Waals surface area contributed by atoms with E-state index < -0.39 is 11.4 Å². The van der Waals surface area contributed by atoms with Crippen LogP contribution < -0.4 is 0 Å². The first-order valence-electron chi connectivity index (χ1n) is 18.3. The van der Waals surface area contributed by atoms with Crippen LogP contribution in [0.1, 0.15) is 78.6 Å². The second kappa shape index (κ2) is 16.0. The predicted octanol–water partition coefficient (Wildman–Crippen LogP) is 6.91. The van der Waals surface area contributed by atoms with E-state index in [4.69, 9.17) is 29.2 Å². The number of methoxy groups -OCH3 is 1. The Labute approximate surface area is 319 Å². The van der Waals surface area contributed by atoms with Crippen molar-refractivity contribution in [2.24, 2.45) is 5.92 Å². The number of rotatable bonds is 13. The topological polar surface area (TPSA) is 169 Å². The molecule has 6 rings (SSSR count). The van der Waals surface area contributed by atoms with Crippen LogP contribution in [-0.2, 0) is 40.7 Å². The number of fused-ring (bicyclic) bond motifs is 11. The van der Waals surface area contributed by atoms with Crippen LogP contribution in [0.2, 0.25) is 0 Å². The third kappa shape index (κ3) is 7.32. The molecular formula is C43H48N4O8. The fourth-order valence-electron chi connectivity index (χ4n) is 7.66. The van der Waals surface area contributed by atoms with Crippen LogP contribution in [0.25, 0.3) is 44.9 Å². The Morgan fingerprint density at radius 3 is 2.33 bits per heavy atom. The number of aromatic nitrogens is 4. The van der Waals surface area contributed by atoms with Gasteiger partial charge in [0.15, 0.2) is 0 Å². The Kier molecular flexibility index (Phi) is 11.4. The van der Waals surface area contributed by atoms with Gasteiger partial charge in [0.25, 0.3) is 0 Å². The van der Waals surface area contributed by atoms with E-state index in [1.807, 2.05) is 70.2 Å². The number of aliphatic hydroxyl groups is 2. The predicted molar refractivity (Wildman–Crippen MR) is 212 cm³/mol. The van der Waals surface area contributed by atoms with Gasteiger partial charge in [0, 0.05) is 57.4 Å². The number of carbonyl (C=O) groups is 2. The van der Waals surface area contributed by atoms with E-state index in [1.54, 1.807) is 0 Å². The van der Waals surface area contributed by atoms with Crippen LogP contribution in [-0.4, -0.2) is 75.6 Å². The SMILES string of the molecule is C=Cc1c(C)c2cc3nc(cc4[nH]c(cc5nc(cc1[nH]2)C1(C)C5=CC=C(C(=O)OC)C1C)c(C)c4CCC(=O)OCCO)C(CC(=C)OOCCO)=C3C. The van der Waals surface area contributed by atoms with Crippen LogP contribution in [0, 0.1) is 19.8 Å². The molecule has 0 amide bonds. The van der Waals surface area contributed by atoms with E-state index in [-0.39, 0.29) is 51.2 Å². The molecule has 3 aliphatic rings. The molecule has 0 aromatic carbocycles. The number of H-pyrrole nitrogens is 2. The molecule has 12 nitrogen and oxygen atoms in total. The van der Waals surface area contributed by atoms with E-state index in [1.165, 1.54) is 7.11 Å². The highest BCUT2D eigenvalue weighted by Crippen LogP contribution is 2.51. The number of esters is 2. The summed E-state index contributed by atoms with van der Waals surface area (Å²) in [6.45, 7) is 17.8. The summed E-state index contributed by atoms with van der Waals surface area (Å²) < 4.78 is 10.4. The summed E-state index contributed by atoms with van der Waals surface area (Å²) >= 11 is 0. The van der Waals surface area contributed by atoms with Gasteiger partial charge in [-0.25, -0.2) is 9.78 Å². The summed E-state index contributed by atoms with van der Waals surface area (Å²) in [5.74, 6) is -0.729. The molecule has 0 saturated carbocycles. The fourth-order valence-corrected chi connectivity index (χ4v) is 7.66. The molecule has 3 aromatic heterocycles. The highest BCUT2D eigenvalue weighted by Gasteiger charge is 2.47. The van der Waals surface area contributed by atoms with E-state index in [0.29, 0.717) is 23.4 Å².